The maximum absolute atomic E-state index is 9.36. The molecule has 1 saturated heterocycles. The summed E-state index contributed by atoms with van der Waals surface area (Å²) in [5, 5.41) is 21.3. The predicted molar refractivity (Wildman–Crippen MR) is 92.9 cm³/mol. The van der Waals surface area contributed by atoms with Crippen LogP contribution >= 0.6 is 0 Å². The molecule has 1 unspecified atom stereocenters. The number of nitrogens with zero attached hydrogens (tertiary/aromatic N) is 2. The lowest BCUT2D eigenvalue weighted by Crippen LogP contribution is -2.34. The lowest BCUT2D eigenvalue weighted by Gasteiger charge is -2.34. The second-order valence-electron chi connectivity index (χ2n) is 6.11. The minimum atomic E-state index is -0.720. The molecule has 0 spiro atoms. The monoisotopic (exact) mass is 315 g/mol. The Balaban J connectivity index is 1.52. The van der Waals surface area contributed by atoms with Crippen LogP contribution in [0.2, 0.25) is 0 Å². The van der Waals surface area contributed by atoms with Crippen LogP contribution in [0.4, 0.5) is 11.4 Å². The van der Waals surface area contributed by atoms with E-state index in [0.717, 1.165) is 31.6 Å². The first-order valence-corrected chi connectivity index (χ1v) is 8.26. The van der Waals surface area contributed by atoms with Crippen LogP contribution in [0, 0.1) is 0 Å². The fourth-order valence-electron chi connectivity index (χ4n) is 3.10. The van der Waals surface area contributed by atoms with Crippen LogP contribution in [0.3, 0.4) is 0 Å². The number of piperidine rings is 1. The van der Waals surface area contributed by atoms with Crippen molar-refractivity contribution >= 4 is 11.4 Å². The van der Waals surface area contributed by atoms with E-state index in [4.69, 9.17) is 5.11 Å². The number of aromatic nitrogens is 1. The quantitative estimate of drug-likeness (QED) is 0.764. The molecule has 1 atom stereocenters. The van der Waals surface area contributed by atoms with Gasteiger partial charge in [0.25, 0.3) is 0 Å². The Labute approximate surface area is 137 Å². The zero-order chi connectivity index (χ0) is 16.1. The van der Waals surface area contributed by atoms with Crippen molar-refractivity contribution in [2.24, 2.45) is 0 Å². The summed E-state index contributed by atoms with van der Waals surface area (Å²) in [6, 6.07) is 13.1. The van der Waals surface area contributed by atoms with Crippen molar-refractivity contribution in [3.05, 3.63) is 48.8 Å². The molecular formula is C18H25N3O2. The molecule has 5 nitrogen and oxygen atoms in total. The Morgan fingerprint density at radius 3 is 2.35 bits per heavy atom. The molecule has 0 amide bonds. The first-order valence-electron chi connectivity index (χ1n) is 8.26. The third kappa shape index (κ3) is 4.06. The van der Waals surface area contributed by atoms with Gasteiger partial charge in [0.05, 0.1) is 12.7 Å². The van der Waals surface area contributed by atoms with E-state index in [2.05, 4.69) is 51.4 Å². The van der Waals surface area contributed by atoms with Gasteiger partial charge in [-0.25, -0.2) is 0 Å². The maximum atomic E-state index is 9.36. The van der Waals surface area contributed by atoms with E-state index in [1.807, 2.05) is 12.1 Å². The summed E-state index contributed by atoms with van der Waals surface area (Å²) in [4.78, 5) is 2.42. The van der Waals surface area contributed by atoms with Crippen LogP contribution in [0.5, 0.6) is 0 Å². The Hall–Kier alpha value is -1.98. The summed E-state index contributed by atoms with van der Waals surface area (Å²) in [5.74, 6) is 0. The fourth-order valence-corrected chi connectivity index (χ4v) is 3.10. The van der Waals surface area contributed by atoms with Crippen LogP contribution in [0.25, 0.3) is 0 Å². The Kier molecular flexibility index (Phi) is 5.20. The summed E-state index contributed by atoms with van der Waals surface area (Å²) < 4.78 is 2.32. The molecule has 0 bridgehead atoms. The van der Waals surface area contributed by atoms with E-state index in [1.165, 1.54) is 5.69 Å². The third-order valence-electron chi connectivity index (χ3n) is 4.50. The molecule has 0 saturated carbocycles. The Morgan fingerprint density at radius 1 is 1.09 bits per heavy atom. The van der Waals surface area contributed by atoms with Crippen molar-refractivity contribution in [2.45, 2.75) is 25.0 Å². The minimum Gasteiger partial charge on any atom is -0.394 e. The molecule has 124 valence electrons. The van der Waals surface area contributed by atoms with E-state index in [9.17, 15) is 5.11 Å². The van der Waals surface area contributed by atoms with Gasteiger partial charge in [-0.1, -0.05) is 0 Å². The summed E-state index contributed by atoms with van der Waals surface area (Å²) in [6.45, 7) is 2.28. The average Bonchev–Trinajstić information content (AvgIpc) is 3.15. The minimum absolute atomic E-state index is 0.221. The molecule has 2 heterocycles. The van der Waals surface area contributed by atoms with Crippen LogP contribution in [-0.2, 0) is 0 Å². The molecule has 23 heavy (non-hydrogen) atoms. The van der Waals surface area contributed by atoms with Gasteiger partial charge in [-0.15, -0.1) is 0 Å². The summed E-state index contributed by atoms with van der Waals surface area (Å²) in [7, 11) is 0. The SMILES string of the molecule is OCC(O)CNc1ccc(N2CCC(n3cccc3)CC2)cc1. The molecular weight excluding hydrogens is 290 g/mol. The van der Waals surface area contributed by atoms with E-state index < -0.39 is 6.10 Å². The normalized spacial score (nSPS) is 17.2. The summed E-state index contributed by atoms with van der Waals surface area (Å²) >= 11 is 0. The Morgan fingerprint density at radius 2 is 1.74 bits per heavy atom. The molecule has 3 N–H and O–H groups in total. The lowest BCUT2D eigenvalue weighted by atomic mass is 10.0. The largest absolute Gasteiger partial charge is 0.394 e. The fraction of sp³-hybridized carbons (Fsp3) is 0.444. The maximum Gasteiger partial charge on any atom is 0.0942 e. The summed E-state index contributed by atoms with van der Waals surface area (Å²) in [5.41, 5.74) is 2.20. The zero-order valence-electron chi connectivity index (χ0n) is 13.3. The molecule has 0 radical (unpaired) electrons. The zero-order valence-corrected chi connectivity index (χ0v) is 13.3. The highest BCUT2D eigenvalue weighted by molar-refractivity contribution is 5.55. The van der Waals surface area contributed by atoms with E-state index in [1.54, 1.807) is 0 Å². The number of aliphatic hydroxyl groups excluding tert-OH is 2. The van der Waals surface area contributed by atoms with Crippen LogP contribution in [0.15, 0.2) is 48.8 Å². The average molecular weight is 315 g/mol. The highest BCUT2D eigenvalue weighted by Crippen LogP contribution is 2.27. The smallest absolute Gasteiger partial charge is 0.0942 e. The molecule has 1 aromatic carbocycles. The van der Waals surface area contributed by atoms with Crippen molar-refractivity contribution in [1.29, 1.82) is 0 Å². The van der Waals surface area contributed by atoms with E-state index in [-0.39, 0.29) is 6.61 Å². The first-order chi connectivity index (χ1) is 11.3. The van der Waals surface area contributed by atoms with Gasteiger partial charge in [0.15, 0.2) is 0 Å². The van der Waals surface area contributed by atoms with Crippen LogP contribution < -0.4 is 10.2 Å². The molecule has 1 aliphatic rings. The van der Waals surface area contributed by atoms with E-state index in [0.29, 0.717) is 12.6 Å². The topological polar surface area (TPSA) is 60.7 Å². The van der Waals surface area contributed by atoms with Gasteiger partial charge in [0, 0.05) is 49.4 Å². The van der Waals surface area contributed by atoms with Crippen molar-refractivity contribution in [1.82, 2.24) is 4.57 Å². The standard InChI is InChI=1S/C18H25N3O2/c22-14-18(23)13-19-15-3-5-16(6-4-15)21-11-7-17(8-12-21)20-9-1-2-10-20/h1-6,9-10,17-19,22-23H,7-8,11-14H2. The summed E-state index contributed by atoms with van der Waals surface area (Å²) in [6.07, 6.45) is 5.92. The number of benzene rings is 1. The number of rotatable bonds is 6. The van der Waals surface area contributed by atoms with Crippen LogP contribution in [0.1, 0.15) is 18.9 Å². The van der Waals surface area contributed by atoms with Gasteiger partial charge in [-0.3, -0.25) is 0 Å². The molecule has 1 aliphatic heterocycles. The Bertz CT molecular complexity index is 575. The van der Waals surface area contributed by atoms with Crippen molar-refractivity contribution in [3.63, 3.8) is 0 Å². The van der Waals surface area contributed by atoms with Gasteiger partial charge in [-0.05, 0) is 49.2 Å². The van der Waals surface area contributed by atoms with Gasteiger partial charge in [-0.2, -0.15) is 0 Å². The van der Waals surface area contributed by atoms with Crippen molar-refractivity contribution in [3.8, 4) is 0 Å². The van der Waals surface area contributed by atoms with Gasteiger partial charge in [0.1, 0.15) is 0 Å². The van der Waals surface area contributed by atoms with Crippen LogP contribution in [-0.4, -0.2) is 47.1 Å². The number of nitrogens with one attached hydrogen (secondary N) is 1. The van der Waals surface area contributed by atoms with E-state index >= 15 is 0 Å². The first kappa shape index (κ1) is 15.9. The van der Waals surface area contributed by atoms with Gasteiger partial charge < -0.3 is 25.0 Å². The molecule has 1 aromatic heterocycles. The molecule has 5 heteroatoms. The van der Waals surface area contributed by atoms with Crippen molar-refractivity contribution in [2.75, 3.05) is 36.5 Å². The predicted octanol–water partition coefficient (Wildman–Crippen LogP) is 2.09. The molecule has 0 aliphatic carbocycles. The number of aliphatic hydroxyl groups is 2. The van der Waals surface area contributed by atoms with Gasteiger partial charge >= 0.3 is 0 Å². The molecule has 3 rings (SSSR count). The third-order valence-corrected chi connectivity index (χ3v) is 4.50. The highest BCUT2D eigenvalue weighted by Gasteiger charge is 2.19. The highest BCUT2D eigenvalue weighted by atomic mass is 16.3. The number of hydrogen-bond donors (Lipinski definition) is 3. The number of hydrogen-bond acceptors (Lipinski definition) is 4. The molecule has 2 aromatic rings. The lowest BCUT2D eigenvalue weighted by molar-refractivity contribution is 0.105. The number of anilines is 2. The second-order valence-corrected chi connectivity index (χ2v) is 6.11. The van der Waals surface area contributed by atoms with Gasteiger partial charge in [0.2, 0.25) is 0 Å². The second kappa shape index (κ2) is 7.53. The molecule has 1 fully saturated rings. The van der Waals surface area contributed by atoms with Crippen molar-refractivity contribution < 1.29 is 10.2 Å².